The van der Waals surface area contributed by atoms with E-state index in [4.69, 9.17) is 4.74 Å². The summed E-state index contributed by atoms with van der Waals surface area (Å²) < 4.78 is 45.1. The van der Waals surface area contributed by atoms with Gasteiger partial charge < -0.3 is 14.3 Å². The van der Waals surface area contributed by atoms with E-state index in [1.54, 1.807) is 17.8 Å². The van der Waals surface area contributed by atoms with Gasteiger partial charge in [-0.15, -0.1) is 0 Å². The molecule has 0 radical (unpaired) electrons. The van der Waals surface area contributed by atoms with Crippen LogP contribution in [-0.4, -0.2) is 36.6 Å². The Bertz CT molecular complexity index is 1200. The lowest BCUT2D eigenvalue weighted by Crippen LogP contribution is -2.28. The summed E-state index contributed by atoms with van der Waals surface area (Å²) in [7, 11) is 1.66. The number of H-pyrrole nitrogens is 1. The van der Waals surface area contributed by atoms with Gasteiger partial charge >= 0.3 is 12.1 Å². The lowest BCUT2D eigenvalue weighted by molar-refractivity contribution is -0.189. The van der Waals surface area contributed by atoms with Crippen LogP contribution in [-0.2, 0) is 11.8 Å². The predicted molar refractivity (Wildman–Crippen MR) is 101 cm³/mol. The van der Waals surface area contributed by atoms with Crippen LogP contribution < -0.4 is 4.74 Å². The number of hydrogen-bond donors (Lipinski definition) is 1. The third kappa shape index (κ3) is 3.66. The maximum atomic E-state index is 12.9. The van der Waals surface area contributed by atoms with E-state index >= 15 is 0 Å². The number of hydrogen-bond acceptors (Lipinski definition) is 5. The van der Waals surface area contributed by atoms with Crippen molar-refractivity contribution in [1.82, 2.24) is 24.5 Å². The molecule has 0 atom stereocenters. The first-order valence-electron chi connectivity index (χ1n) is 8.71. The van der Waals surface area contributed by atoms with Crippen molar-refractivity contribution in [3.63, 3.8) is 0 Å². The zero-order chi connectivity index (χ0) is 21.3. The van der Waals surface area contributed by atoms with Gasteiger partial charge in [-0.05, 0) is 11.6 Å². The lowest BCUT2D eigenvalue weighted by atomic mass is 10.1. The van der Waals surface area contributed by atoms with Crippen LogP contribution in [0.25, 0.3) is 34.2 Å². The molecular weight excluding hydrogens is 399 g/mol. The number of ether oxygens (including phenoxy) is 1. The maximum Gasteiger partial charge on any atom is 0.491 e. The van der Waals surface area contributed by atoms with Crippen LogP contribution in [0.15, 0.2) is 61.2 Å². The van der Waals surface area contributed by atoms with Crippen molar-refractivity contribution < 1.29 is 22.7 Å². The van der Waals surface area contributed by atoms with Gasteiger partial charge in [0, 0.05) is 25.6 Å². The lowest BCUT2D eigenvalue weighted by Gasteiger charge is -2.14. The minimum absolute atomic E-state index is 0.0460. The highest BCUT2D eigenvalue weighted by molar-refractivity contribution is 5.84. The van der Waals surface area contributed by atoms with Crippen molar-refractivity contribution in [3.05, 3.63) is 61.2 Å². The third-order valence-corrected chi connectivity index (χ3v) is 4.28. The molecule has 30 heavy (non-hydrogen) atoms. The fourth-order valence-corrected chi connectivity index (χ4v) is 2.88. The first-order chi connectivity index (χ1) is 14.3. The average Bonchev–Trinajstić information content (AvgIpc) is 3.37. The summed E-state index contributed by atoms with van der Waals surface area (Å²) in [5.74, 6) is -2.29. The number of aryl methyl sites for hydroxylation is 1. The van der Waals surface area contributed by atoms with E-state index in [0.29, 0.717) is 11.5 Å². The van der Waals surface area contributed by atoms with E-state index in [-0.39, 0.29) is 22.8 Å². The molecule has 3 heterocycles. The number of imidazole rings is 2. The highest BCUT2D eigenvalue weighted by Gasteiger charge is 2.42. The number of benzene rings is 1. The number of esters is 1. The van der Waals surface area contributed by atoms with E-state index < -0.39 is 12.1 Å². The monoisotopic (exact) mass is 413 g/mol. The number of aromatic nitrogens is 5. The topological polar surface area (TPSA) is 85.7 Å². The first kappa shape index (κ1) is 19.4. The summed E-state index contributed by atoms with van der Waals surface area (Å²) in [6, 6.07) is 10.6. The Kier molecular flexibility index (Phi) is 4.82. The van der Waals surface area contributed by atoms with Gasteiger partial charge in [-0.1, -0.05) is 30.3 Å². The fraction of sp³-hybridized carbons (Fsp3) is 0.100. The number of alkyl halides is 3. The Morgan fingerprint density at radius 2 is 1.83 bits per heavy atom. The number of nitrogens with one attached hydrogen (secondary N) is 1. The molecule has 0 amide bonds. The van der Waals surface area contributed by atoms with Gasteiger partial charge in [-0.25, -0.2) is 19.7 Å². The molecule has 0 fully saturated rings. The van der Waals surface area contributed by atoms with Gasteiger partial charge in [-0.2, -0.15) is 13.2 Å². The Hall–Kier alpha value is -3.95. The maximum absolute atomic E-state index is 12.9. The van der Waals surface area contributed by atoms with Crippen LogP contribution in [0.5, 0.6) is 5.75 Å². The molecule has 152 valence electrons. The molecule has 0 spiro atoms. The summed E-state index contributed by atoms with van der Waals surface area (Å²) >= 11 is 0. The molecule has 0 aliphatic carbocycles. The van der Waals surface area contributed by atoms with Crippen LogP contribution in [0.4, 0.5) is 13.2 Å². The molecule has 0 bridgehead atoms. The van der Waals surface area contributed by atoms with E-state index in [1.807, 2.05) is 30.3 Å². The van der Waals surface area contributed by atoms with Crippen molar-refractivity contribution in [2.24, 2.45) is 7.05 Å². The second-order valence-corrected chi connectivity index (χ2v) is 6.30. The smallest absolute Gasteiger partial charge is 0.417 e. The zero-order valence-electron chi connectivity index (χ0n) is 15.5. The van der Waals surface area contributed by atoms with Gasteiger partial charge in [0.1, 0.15) is 11.5 Å². The molecule has 0 unspecified atom stereocenters. The Balaban J connectivity index is 1.85. The Morgan fingerprint density at radius 1 is 1.07 bits per heavy atom. The SMILES string of the molecule is Cn1ccnc1-c1ccnc(-c2ncc(-c3ccccc3)[nH]2)c1OC(=O)C(F)(F)F. The molecule has 3 aromatic heterocycles. The molecule has 4 rings (SSSR count). The van der Waals surface area contributed by atoms with E-state index in [9.17, 15) is 18.0 Å². The average molecular weight is 413 g/mol. The van der Waals surface area contributed by atoms with Gasteiger partial charge in [-0.3, -0.25) is 0 Å². The normalized spacial score (nSPS) is 11.5. The van der Waals surface area contributed by atoms with Crippen LogP contribution in [0.3, 0.4) is 0 Å². The van der Waals surface area contributed by atoms with Crippen LogP contribution in [0.1, 0.15) is 0 Å². The second-order valence-electron chi connectivity index (χ2n) is 6.30. The Morgan fingerprint density at radius 3 is 2.50 bits per heavy atom. The molecule has 0 aliphatic heterocycles. The van der Waals surface area contributed by atoms with Gasteiger partial charge in [0.25, 0.3) is 0 Å². The summed E-state index contributed by atoms with van der Waals surface area (Å²) in [4.78, 5) is 27.1. The van der Waals surface area contributed by atoms with Crippen molar-refractivity contribution in [1.29, 1.82) is 0 Å². The predicted octanol–water partition coefficient (Wildman–Crippen LogP) is 4.01. The Labute approximate surface area is 168 Å². The van der Waals surface area contributed by atoms with Crippen molar-refractivity contribution in [2.75, 3.05) is 0 Å². The fourth-order valence-electron chi connectivity index (χ4n) is 2.88. The molecule has 4 aromatic rings. The summed E-state index contributed by atoms with van der Waals surface area (Å²) in [6.45, 7) is 0. The minimum Gasteiger partial charge on any atom is -0.417 e. The van der Waals surface area contributed by atoms with Crippen LogP contribution in [0.2, 0.25) is 0 Å². The molecule has 10 heteroatoms. The van der Waals surface area contributed by atoms with E-state index in [0.717, 1.165) is 5.56 Å². The summed E-state index contributed by atoms with van der Waals surface area (Å²) in [5, 5.41) is 0. The molecule has 0 saturated carbocycles. The van der Waals surface area contributed by atoms with Crippen molar-refractivity contribution in [2.45, 2.75) is 6.18 Å². The first-order valence-corrected chi connectivity index (χ1v) is 8.71. The standard InChI is InChI=1S/C20H14F3N5O2/c1-28-10-9-25-18(28)13-7-8-24-15(16(13)30-19(29)20(21,22)23)17-26-11-14(27-17)12-5-3-2-4-6-12/h2-11H,1H3,(H,26,27). The number of carbonyl (C=O) groups is 1. The van der Waals surface area contributed by atoms with Crippen molar-refractivity contribution in [3.8, 4) is 39.9 Å². The number of halogens is 3. The zero-order valence-corrected chi connectivity index (χ0v) is 15.5. The summed E-state index contributed by atoms with van der Waals surface area (Å²) in [6.07, 6.45) is 0.824. The summed E-state index contributed by atoms with van der Waals surface area (Å²) in [5.41, 5.74) is 1.58. The van der Waals surface area contributed by atoms with Gasteiger partial charge in [0.2, 0.25) is 0 Å². The number of nitrogens with zero attached hydrogens (tertiary/aromatic N) is 4. The van der Waals surface area contributed by atoms with Crippen LogP contribution >= 0.6 is 0 Å². The number of rotatable bonds is 4. The minimum atomic E-state index is -5.18. The largest absolute Gasteiger partial charge is 0.491 e. The molecule has 1 N–H and O–H groups in total. The highest BCUT2D eigenvalue weighted by Crippen LogP contribution is 2.37. The van der Waals surface area contributed by atoms with E-state index in [1.165, 1.54) is 24.7 Å². The van der Waals surface area contributed by atoms with Crippen molar-refractivity contribution >= 4 is 5.97 Å². The van der Waals surface area contributed by atoms with Gasteiger partial charge in [0.05, 0.1) is 17.5 Å². The number of pyridine rings is 1. The van der Waals surface area contributed by atoms with E-state index in [2.05, 4.69) is 19.9 Å². The quantitative estimate of drug-likeness (QED) is 0.511. The molecule has 7 nitrogen and oxygen atoms in total. The van der Waals surface area contributed by atoms with Gasteiger partial charge in [0.15, 0.2) is 11.6 Å². The number of carbonyl (C=O) groups excluding carboxylic acids is 1. The highest BCUT2D eigenvalue weighted by atomic mass is 19.4. The second kappa shape index (κ2) is 7.47. The van der Waals surface area contributed by atoms with Crippen LogP contribution in [0, 0.1) is 0 Å². The molecule has 0 aliphatic rings. The third-order valence-electron chi connectivity index (χ3n) is 4.28. The molecular formula is C20H14F3N5O2. The molecule has 1 aromatic carbocycles. The molecule has 0 saturated heterocycles. The number of aromatic amines is 1.